The SMILES string of the molecule is Cc1ccccc1[C@H]1SCC(=O)N(CC(=O)N2CCOCC2)c2c1c(-c1ccccc1)nn2-c1ccccc1Cl. The first-order valence-corrected chi connectivity index (χ1v) is 14.7. The highest BCUT2D eigenvalue weighted by Gasteiger charge is 2.39. The van der Waals surface area contributed by atoms with E-state index in [0.717, 1.165) is 27.9 Å². The predicted molar refractivity (Wildman–Crippen MR) is 159 cm³/mol. The van der Waals surface area contributed by atoms with Gasteiger partial charge in [0.15, 0.2) is 0 Å². The molecule has 204 valence electrons. The van der Waals surface area contributed by atoms with Gasteiger partial charge in [-0.05, 0) is 30.2 Å². The van der Waals surface area contributed by atoms with Crippen molar-refractivity contribution in [3.05, 3.63) is 101 Å². The number of hydrogen-bond donors (Lipinski definition) is 0. The first-order chi connectivity index (χ1) is 19.5. The molecule has 2 amide bonds. The van der Waals surface area contributed by atoms with Crippen LogP contribution in [0.15, 0.2) is 78.9 Å². The van der Waals surface area contributed by atoms with Gasteiger partial charge in [0.1, 0.15) is 12.4 Å². The normalized spacial score (nSPS) is 17.4. The quantitative estimate of drug-likeness (QED) is 0.315. The number of ether oxygens (including phenoxy) is 1. The van der Waals surface area contributed by atoms with Gasteiger partial charge in [0, 0.05) is 24.2 Å². The number of aryl methyl sites for hydroxylation is 1. The minimum absolute atomic E-state index is 0.0861. The van der Waals surface area contributed by atoms with E-state index in [9.17, 15) is 9.59 Å². The van der Waals surface area contributed by atoms with Crippen molar-refractivity contribution in [2.75, 3.05) is 43.5 Å². The number of thioether (sulfide) groups is 1. The molecule has 3 aromatic carbocycles. The van der Waals surface area contributed by atoms with E-state index in [2.05, 4.69) is 19.1 Å². The lowest BCUT2D eigenvalue weighted by Gasteiger charge is -2.30. The Hall–Kier alpha value is -3.59. The topological polar surface area (TPSA) is 67.7 Å². The number of halogens is 1. The summed E-state index contributed by atoms with van der Waals surface area (Å²) in [4.78, 5) is 30.8. The lowest BCUT2D eigenvalue weighted by molar-refractivity contribution is -0.134. The molecule has 1 saturated heterocycles. The number of morpholine rings is 1. The van der Waals surface area contributed by atoms with Crippen molar-refractivity contribution in [3.63, 3.8) is 0 Å². The number of para-hydroxylation sites is 1. The molecule has 2 aliphatic heterocycles. The first kappa shape index (κ1) is 26.6. The van der Waals surface area contributed by atoms with E-state index in [1.54, 1.807) is 26.2 Å². The molecule has 1 aromatic heterocycles. The zero-order valence-corrected chi connectivity index (χ0v) is 23.7. The summed E-state index contributed by atoms with van der Waals surface area (Å²) >= 11 is 8.30. The number of carbonyl (C=O) groups is 2. The Balaban J connectivity index is 1.61. The average molecular weight is 573 g/mol. The number of hydrogen-bond acceptors (Lipinski definition) is 5. The van der Waals surface area contributed by atoms with Crippen molar-refractivity contribution in [2.45, 2.75) is 12.2 Å². The smallest absolute Gasteiger partial charge is 0.242 e. The second-order valence-electron chi connectivity index (χ2n) is 9.84. The summed E-state index contributed by atoms with van der Waals surface area (Å²) < 4.78 is 7.20. The van der Waals surface area contributed by atoms with Crippen LogP contribution in [0.2, 0.25) is 5.02 Å². The van der Waals surface area contributed by atoms with E-state index in [1.165, 1.54) is 0 Å². The highest BCUT2D eigenvalue weighted by Crippen LogP contribution is 2.49. The largest absolute Gasteiger partial charge is 0.378 e. The minimum Gasteiger partial charge on any atom is -0.378 e. The number of anilines is 1. The molecule has 40 heavy (non-hydrogen) atoms. The van der Waals surface area contributed by atoms with Gasteiger partial charge in [0.25, 0.3) is 0 Å². The number of benzene rings is 3. The van der Waals surface area contributed by atoms with Crippen molar-refractivity contribution in [1.82, 2.24) is 14.7 Å². The van der Waals surface area contributed by atoms with E-state index in [0.29, 0.717) is 42.8 Å². The molecule has 7 nitrogen and oxygen atoms in total. The summed E-state index contributed by atoms with van der Waals surface area (Å²) in [5, 5.41) is 5.44. The van der Waals surface area contributed by atoms with Gasteiger partial charge < -0.3 is 9.64 Å². The average Bonchev–Trinajstić information content (AvgIpc) is 3.31. The summed E-state index contributed by atoms with van der Waals surface area (Å²) in [6.07, 6.45) is 0. The summed E-state index contributed by atoms with van der Waals surface area (Å²) in [6.45, 7) is 4.00. The summed E-state index contributed by atoms with van der Waals surface area (Å²) in [5.74, 6) is 0.546. The molecule has 1 atom stereocenters. The zero-order valence-electron chi connectivity index (χ0n) is 22.1. The van der Waals surface area contributed by atoms with Crippen LogP contribution in [0.25, 0.3) is 16.9 Å². The lowest BCUT2D eigenvalue weighted by atomic mass is 9.97. The third-order valence-electron chi connectivity index (χ3n) is 7.34. The maximum atomic E-state index is 13.9. The molecule has 0 unspecified atom stereocenters. The molecule has 6 rings (SSSR count). The Morgan fingerprint density at radius 1 is 1.00 bits per heavy atom. The number of nitrogens with zero attached hydrogens (tertiary/aromatic N) is 4. The van der Waals surface area contributed by atoms with Crippen LogP contribution in [0, 0.1) is 6.92 Å². The molecule has 3 heterocycles. The second-order valence-corrected chi connectivity index (χ2v) is 11.3. The minimum atomic E-state index is -0.185. The van der Waals surface area contributed by atoms with Crippen LogP contribution in [0.1, 0.15) is 21.9 Å². The van der Waals surface area contributed by atoms with Crippen LogP contribution < -0.4 is 4.90 Å². The summed E-state index contributed by atoms with van der Waals surface area (Å²) in [5.41, 5.74) is 5.47. The fraction of sp³-hybridized carbons (Fsp3) is 0.258. The van der Waals surface area contributed by atoms with E-state index in [4.69, 9.17) is 21.4 Å². The van der Waals surface area contributed by atoms with Gasteiger partial charge in [-0.2, -0.15) is 5.10 Å². The van der Waals surface area contributed by atoms with E-state index in [-0.39, 0.29) is 29.4 Å². The number of amides is 2. The Morgan fingerprint density at radius 3 is 2.45 bits per heavy atom. The molecule has 1 fully saturated rings. The molecule has 0 N–H and O–H groups in total. The standard InChI is InChI=1S/C31H29ClN4O3S/c1-21-9-5-6-12-23(21)30-28-29(22-10-3-2-4-11-22)33-36(25-14-8-7-13-24(25)32)31(28)35(27(38)20-40-30)19-26(37)34-15-17-39-18-16-34/h2-14,30H,15-20H2,1H3/t30-/m1/s1. The van der Waals surface area contributed by atoms with Gasteiger partial charge in [-0.3, -0.25) is 14.5 Å². The predicted octanol–water partition coefficient (Wildman–Crippen LogP) is 5.53. The number of rotatable bonds is 5. The van der Waals surface area contributed by atoms with E-state index >= 15 is 0 Å². The summed E-state index contributed by atoms with van der Waals surface area (Å²) in [6, 6.07) is 25.7. The van der Waals surface area contributed by atoms with Gasteiger partial charge >= 0.3 is 0 Å². The van der Waals surface area contributed by atoms with Crippen molar-refractivity contribution in [1.29, 1.82) is 0 Å². The molecule has 2 aliphatic rings. The van der Waals surface area contributed by atoms with Gasteiger partial charge in [0.05, 0.1) is 40.6 Å². The third kappa shape index (κ3) is 5.03. The molecule has 0 spiro atoms. The Kier molecular flexibility index (Phi) is 7.65. The van der Waals surface area contributed by atoms with Gasteiger partial charge in [0.2, 0.25) is 11.8 Å². The third-order valence-corrected chi connectivity index (χ3v) is 8.90. The maximum Gasteiger partial charge on any atom is 0.242 e. The molecular weight excluding hydrogens is 544 g/mol. The highest BCUT2D eigenvalue weighted by atomic mass is 35.5. The molecular formula is C31H29ClN4O3S. The summed E-state index contributed by atoms with van der Waals surface area (Å²) in [7, 11) is 0. The number of aromatic nitrogens is 2. The molecule has 9 heteroatoms. The van der Waals surface area contributed by atoms with Crippen LogP contribution in [0.5, 0.6) is 0 Å². The van der Waals surface area contributed by atoms with Crippen LogP contribution in [-0.4, -0.2) is 65.1 Å². The maximum absolute atomic E-state index is 13.9. The Morgan fingerprint density at radius 2 is 1.70 bits per heavy atom. The molecule has 4 aromatic rings. The number of fused-ring (bicyclic) bond motifs is 1. The molecule has 0 saturated carbocycles. The zero-order chi connectivity index (χ0) is 27.6. The Bertz CT molecular complexity index is 1550. The van der Waals surface area contributed by atoms with E-state index < -0.39 is 0 Å². The first-order valence-electron chi connectivity index (χ1n) is 13.3. The van der Waals surface area contributed by atoms with Crippen molar-refractivity contribution < 1.29 is 14.3 Å². The molecule has 0 bridgehead atoms. The lowest BCUT2D eigenvalue weighted by Crippen LogP contribution is -2.48. The van der Waals surface area contributed by atoms with Crippen molar-refractivity contribution in [3.8, 4) is 16.9 Å². The fourth-order valence-electron chi connectivity index (χ4n) is 5.29. The molecule has 0 radical (unpaired) electrons. The van der Waals surface area contributed by atoms with Crippen molar-refractivity contribution >= 4 is 41.0 Å². The van der Waals surface area contributed by atoms with Gasteiger partial charge in [-0.15, -0.1) is 11.8 Å². The van der Waals surface area contributed by atoms with Gasteiger partial charge in [-0.25, -0.2) is 4.68 Å². The fourth-order valence-corrected chi connectivity index (χ4v) is 6.80. The van der Waals surface area contributed by atoms with Crippen LogP contribution in [0.3, 0.4) is 0 Å². The van der Waals surface area contributed by atoms with Crippen LogP contribution in [0.4, 0.5) is 5.82 Å². The van der Waals surface area contributed by atoms with Gasteiger partial charge in [-0.1, -0.05) is 78.3 Å². The van der Waals surface area contributed by atoms with Crippen LogP contribution >= 0.6 is 23.4 Å². The second kappa shape index (κ2) is 11.5. The van der Waals surface area contributed by atoms with E-state index in [1.807, 2.05) is 66.7 Å². The molecule has 0 aliphatic carbocycles. The monoisotopic (exact) mass is 572 g/mol. The van der Waals surface area contributed by atoms with Crippen molar-refractivity contribution in [2.24, 2.45) is 0 Å². The number of carbonyl (C=O) groups excluding carboxylic acids is 2. The van der Waals surface area contributed by atoms with Crippen LogP contribution in [-0.2, 0) is 14.3 Å². The highest BCUT2D eigenvalue weighted by molar-refractivity contribution is 8.00. The Labute approximate surface area is 242 Å².